The molecule has 3 aromatic rings. The van der Waals surface area contributed by atoms with Gasteiger partial charge in [0.15, 0.2) is 5.52 Å². The van der Waals surface area contributed by atoms with E-state index in [4.69, 9.17) is 8.92 Å². The first-order valence-corrected chi connectivity index (χ1v) is 10.9. The van der Waals surface area contributed by atoms with Crippen LogP contribution in [0.15, 0.2) is 27.9 Å². The van der Waals surface area contributed by atoms with E-state index < -0.39 is 10.1 Å². The van der Waals surface area contributed by atoms with Crippen LogP contribution in [-0.2, 0) is 27.8 Å². The Morgan fingerprint density at radius 1 is 1.17 bits per heavy atom. The zero-order chi connectivity index (χ0) is 21.2. The molecule has 2 aromatic heterocycles. The van der Waals surface area contributed by atoms with Crippen LogP contribution in [0.5, 0.6) is 5.75 Å². The predicted molar refractivity (Wildman–Crippen MR) is 109 cm³/mol. The molecule has 0 saturated heterocycles. The molecule has 0 aliphatic rings. The number of hydrogen-bond donors (Lipinski definition) is 1. The maximum atomic E-state index is 12.7. The van der Waals surface area contributed by atoms with Crippen molar-refractivity contribution in [2.75, 3.05) is 13.2 Å². The predicted octanol–water partition coefficient (Wildman–Crippen LogP) is 2.40. The van der Waals surface area contributed by atoms with Crippen LogP contribution < -0.4 is 10.3 Å². The molecule has 2 heterocycles. The number of nitrogens with one attached hydrogen (secondary N) is 1. The summed E-state index contributed by atoms with van der Waals surface area (Å²) in [4.78, 5) is 20.0. The van der Waals surface area contributed by atoms with Crippen LogP contribution in [0.2, 0.25) is 0 Å². The molecule has 1 N–H and O–H groups in total. The van der Waals surface area contributed by atoms with Crippen LogP contribution in [0, 0.1) is 0 Å². The van der Waals surface area contributed by atoms with Crippen molar-refractivity contribution >= 4 is 21.2 Å². The van der Waals surface area contributed by atoms with Gasteiger partial charge in [-0.25, -0.2) is 4.98 Å². The summed E-state index contributed by atoms with van der Waals surface area (Å²) in [5.74, 6) is 0.622. The van der Waals surface area contributed by atoms with E-state index >= 15 is 0 Å². The summed E-state index contributed by atoms with van der Waals surface area (Å²) in [5, 5.41) is 4.40. The molecule has 0 spiro atoms. The quantitative estimate of drug-likeness (QED) is 0.556. The Morgan fingerprint density at radius 3 is 2.59 bits per heavy atom. The van der Waals surface area contributed by atoms with Crippen molar-refractivity contribution in [3.05, 3.63) is 34.2 Å². The van der Waals surface area contributed by atoms with Crippen LogP contribution in [0.4, 0.5) is 0 Å². The lowest BCUT2D eigenvalue weighted by Crippen LogP contribution is -2.13. The molecular formula is C19H24N4O5S. The minimum atomic E-state index is -3.93. The van der Waals surface area contributed by atoms with E-state index in [1.807, 2.05) is 13.8 Å². The lowest BCUT2D eigenvalue weighted by Gasteiger charge is -2.12. The standard InChI is InChI=1S/C19H24N4O5S/c1-5-8-14-16-17(23(4)22-14)19(24)21-18(20-16)13-11-12(29(25,26)28-7-3)9-10-15(13)27-6-2/h9-11H,5-8H2,1-4H3,(H,20,21,24). The molecule has 0 aliphatic carbocycles. The highest BCUT2D eigenvalue weighted by atomic mass is 32.2. The fourth-order valence-electron chi connectivity index (χ4n) is 3.13. The summed E-state index contributed by atoms with van der Waals surface area (Å²) >= 11 is 0. The highest BCUT2D eigenvalue weighted by Crippen LogP contribution is 2.31. The fraction of sp³-hybridized carbons (Fsp3) is 0.421. The molecule has 0 aliphatic heterocycles. The van der Waals surface area contributed by atoms with Gasteiger partial charge in [-0.1, -0.05) is 13.3 Å². The first-order chi connectivity index (χ1) is 13.8. The molecule has 0 bridgehead atoms. The summed E-state index contributed by atoms with van der Waals surface area (Å²) in [6.07, 6.45) is 1.52. The zero-order valence-corrected chi connectivity index (χ0v) is 17.7. The van der Waals surface area contributed by atoms with E-state index in [2.05, 4.69) is 15.1 Å². The molecule has 0 atom stereocenters. The van der Waals surface area contributed by atoms with Crippen LogP contribution in [0.3, 0.4) is 0 Å². The van der Waals surface area contributed by atoms with Gasteiger partial charge in [0.25, 0.3) is 15.7 Å². The van der Waals surface area contributed by atoms with Crippen molar-refractivity contribution in [1.29, 1.82) is 0 Å². The van der Waals surface area contributed by atoms with E-state index in [-0.39, 0.29) is 22.9 Å². The van der Waals surface area contributed by atoms with E-state index in [0.29, 0.717) is 41.1 Å². The third-order valence-corrected chi connectivity index (χ3v) is 5.69. The minimum absolute atomic E-state index is 0.0159. The molecule has 0 amide bonds. The zero-order valence-electron chi connectivity index (χ0n) is 16.9. The van der Waals surface area contributed by atoms with Gasteiger partial charge in [0, 0.05) is 7.05 Å². The summed E-state index contributed by atoms with van der Waals surface area (Å²) in [6.45, 7) is 5.81. The van der Waals surface area contributed by atoms with Gasteiger partial charge >= 0.3 is 0 Å². The van der Waals surface area contributed by atoms with E-state index in [0.717, 1.165) is 6.42 Å². The minimum Gasteiger partial charge on any atom is -0.493 e. The molecule has 156 valence electrons. The van der Waals surface area contributed by atoms with Crippen molar-refractivity contribution < 1.29 is 17.3 Å². The van der Waals surface area contributed by atoms with Crippen molar-refractivity contribution in [1.82, 2.24) is 19.7 Å². The molecule has 0 unspecified atom stereocenters. The van der Waals surface area contributed by atoms with Gasteiger partial charge in [0.2, 0.25) is 0 Å². The van der Waals surface area contributed by atoms with Gasteiger partial charge in [-0.2, -0.15) is 13.5 Å². The molecule has 0 fully saturated rings. The maximum Gasteiger partial charge on any atom is 0.296 e. The summed E-state index contributed by atoms with van der Waals surface area (Å²) in [7, 11) is -2.24. The summed E-state index contributed by atoms with van der Waals surface area (Å²) in [6, 6.07) is 4.34. The Kier molecular flexibility index (Phi) is 6.04. The van der Waals surface area contributed by atoms with E-state index in [1.165, 1.54) is 22.9 Å². The number of aromatic nitrogens is 4. The number of ether oxygens (including phenoxy) is 1. The second-order valence-electron chi connectivity index (χ2n) is 6.38. The Balaban J connectivity index is 2.27. The molecule has 10 heteroatoms. The maximum absolute atomic E-state index is 12.7. The van der Waals surface area contributed by atoms with Gasteiger partial charge in [-0.05, 0) is 38.5 Å². The Morgan fingerprint density at radius 2 is 1.93 bits per heavy atom. The molecule has 0 saturated carbocycles. The van der Waals surface area contributed by atoms with Crippen molar-refractivity contribution in [3.63, 3.8) is 0 Å². The number of fused-ring (bicyclic) bond motifs is 1. The van der Waals surface area contributed by atoms with Crippen LogP contribution in [0.25, 0.3) is 22.4 Å². The van der Waals surface area contributed by atoms with Gasteiger partial charge in [-0.3, -0.25) is 13.7 Å². The third-order valence-electron chi connectivity index (χ3n) is 4.32. The Hall–Kier alpha value is -2.72. The van der Waals surface area contributed by atoms with E-state index in [1.54, 1.807) is 14.0 Å². The van der Waals surface area contributed by atoms with Gasteiger partial charge in [0.1, 0.15) is 17.1 Å². The summed E-state index contributed by atoms with van der Waals surface area (Å²) in [5.41, 5.74) is 1.58. The molecule has 29 heavy (non-hydrogen) atoms. The monoisotopic (exact) mass is 420 g/mol. The molecule has 3 rings (SSSR count). The second kappa shape index (κ2) is 8.34. The van der Waals surface area contributed by atoms with Gasteiger partial charge in [0.05, 0.1) is 29.4 Å². The Labute approximate surface area is 168 Å². The van der Waals surface area contributed by atoms with Crippen molar-refractivity contribution in [3.8, 4) is 17.1 Å². The molecule has 9 nitrogen and oxygen atoms in total. The van der Waals surface area contributed by atoms with Crippen LogP contribution in [0.1, 0.15) is 32.9 Å². The van der Waals surface area contributed by atoms with Gasteiger partial charge < -0.3 is 9.72 Å². The number of aryl methyl sites for hydroxylation is 2. The lowest BCUT2D eigenvalue weighted by molar-refractivity contribution is 0.336. The number of rotatable bonds is 8. The number of benzene rings is 1. The van der Waals surface area contributed by atoms with E-state index in [9.17, 15) is 13.2 Å². The fourth-order valence-corrected chi connectivity index (χ4v) is 4.08. The normalized spacial score (nSPS) is 11.9. The first-order valence-electron chi connectivity index (χ1n) is 9.44. The highest BCUT2D eigenvalue weighted by Gasteiger charge is 2.21. The molecule has 0 radical (unpaired) electrons. The number of nitrogens with zero attached hydrogens (tertiary/aromatic N) is 3. The molecule has 1 aromatic carbocycles. The smallest absolute Gasteiger partial charge is 0.296 e. The number of hydrogen-bond acceptors (Lipinski definition) is 7. The largest absolute Gasteiger partial charge is 0.493 e. The van der Waals surface area contributed by atoms with Crippen LogP contribution >= 0.6 is 0 Å². The third kappa shape index (κ3) is 4.03. The van der Waals surface area contributed by atoms with Crippen LogP contribution in [-0.4, -0.2) is 41.4 Å². The lowest BCUT2D eigenvalue weighted by atomic mass is 10.1. The average molecular weight is 420 g/mol. The second-order valence-corrected chi connectivity index (χ2v) is 8.00. The highest BCUT2D eigenvalue weighted by molar-refractivity contribution is 7.86. The SMILES string of the molecule is CCCc1nn(C)c2c(=O)[nH]c(-c3cc(S(=O)(=O)OCC)ccc3OCC)nc12. The summed E-state index contributed by atoms with van der Waals surface area (Å²) < 4.78 is 36.7. The number of H-pyrrole nitrogens is 1. The van der Waals surface area contributed by atoms with Gasteiger partial charge in [-0.15, -0.1) is 0 Å². The topological polar surface area (TPSA) is 116 Å². The number of aromatic amines is 1. The van der Waals surface area contributed by atoms with Crippen molar-refractivity contribution in [2.45, 2.75) is 38.5 Å². The average Bonchev–Trinajstić information content (AvgIpc) is 2.98. The molecular weight excluding hydrogens is 396 g/mol. The van der Waals surface area contributed by atoms with Crippen molar-refractivity contribution in [2.24, 2.45) is 7.05 Å². The first kappa shape index (κ1) is 21.0. The Bertz CT molecular complexity index is 1200.